The molecule has 2 aromatic carbocycles. The van der Waals surface area contributed by atoms with E-state index < -0.39 is 11.9 Å². The Morgan fingerprint density at radius 3 is 1.55 bits per heavy atom. The molecule has 4 nitrogen and oxygen atoms in total. The molecule has 0 aliphatic rings. The zero-order valence-corrected chi connectivity index (χ0v) is 12.9. The van der Waals surface area contributed by atoms with Crippen molar-refractivity contribution in [1.29, 1.82) is 0 Å². The van der Waals surface area contributed by atoms with Crippen LogP contribution in [0.3, 0.4) is 0 Å². The van der Waals surface area contributed by atoms with E-state index in [2.05, 4.69) is 9.78 Å². The first-order valence-electron chi connectivity index (χ1n) is 6.37. The SMILES string of the molecule is O=C(OOC(=O)c1cccc(CCl)c1)c1cccc(CCl)c1. The maximum atomic E-state index is 11.8. The van der Waals surface area contributed by atoms with Crippen LogP contribution in [0.4, 0.5) is 0 Å². The first-order valence-corrected chi connectivity index (χ1v) is 7.44. The molecule has 114 valence electrons. The minimum atomic E-state index is -0.770. The monoisotopic (exact) mass is 338 g/mol. The standard InChI is InChI=1S/C16H12Cl2O4/c17-9-11-3-1-5-13(7-11)15(19)21-22-16(20)14-6-2-4-12(8-14)10-18/h1-8H,9-10H2. The zero-order valence-electron chi connectivity index (χ0n) is 11.4. The van der Waals surface area contributed by atoms with Gasteiger partial charge in [0.2, 0.25) is 0 Å². The third kappa shape index (κ3) is 4.23. The van der Waals surface area contributed by atoms with Gasteiger partial charge in [-0.15, -0.1) is 23.2 Å². The van der Waals surface area contributed by atoms with E-state index in [-0.39, 0.29) is 22.9 Å². The van der Waals surface area contributed by atoms with Gasteiger partial charge in [-0.3, -0.25) is 0 Å². The average Bonchev–Trinajstić information content (AvgIpc) is 2.59. The molecule has 0 saturated carbocycles. The van der Waals surface area contributed by atoms with Gasteiger partial charge in [-0.25, -0.2) is 19.4 Å². The Hall–Kier alpha value is -2.04. The highest BCUT2D eigenvalue weighted by atomic mass is 35.5. The highest BCUT2D eigenvalue weighted by Gasteiger charge is 2.14. The van der Waals surface area contributed by atoms with Crippen molar-refractivity contribution in [2.45, 2.75) is 11.8 Å². The Kier molecular flexibility index (Phi) is 5.81. The van der Waals surface area contributed by atoms with Crippen LogP contribution in [0.15, 0.2) is 48.5 Å². The summed E-state index contributed by atoms with van der Waals surface area (Å²) >= 11 is 11.4. The molecule has 0 spiro atoms. The van der Waals surface area contributed by atoms with Crippen molar-refractivity contribution >= 4 is 35.1 Å². The summed E-state index contributed by atoms with van der Waals surface area (Å²) in [7, 11) is 0. The van der Waals surface area contributed by atoms with Crippen molar-refractivity contribution in [3.05, 3.63) is 70.8 Å². The molecule has 0 saturated heterocycles. The topological polar surface area (TPSA) is 52.6 Å². The minimum Gasteiger partial charge on any atom is -0.242 e. The van der Waals surface area contributed by atoms with Gasteiger partial charge >= 0.3 is 11.9 Å². The molecule has 6 heteroatoms. The fourth-order valence-electron chi connectivity index (χ4n) is 1.73. The van der Waals surface area contributed by atoms with Gasteiger partial charge in [-0.2, -0.15) is 0 Å². The molecule has 0 fully saturated rings. The lowest BCUT2D eigenvalue weighted by atomic mass is 10.1. The molecule has 0 bridgehead atoms. The van der Waals surface area contributed by atoms with Crippen molar-refractivity contribution in [1.82, 2.24) is 0 Å². The van der Waals surface area contributed by atoms with Crippen LogP contribution in [0.1, 0.15) is 31.8 Å². The fraction of sp³-hybridized carbons (Fsp3) is 0.125. The van der Waals surface area contributed by atoms with Crippen molar-refractivity contribution in [2.75, 3.05) is 0 Å². The van der Waals surface area contributed by atoms with Crippen LogP contribution < -0.4 is 0 Å². The Morgan fingerprint density at radius 1 is 0.773 bits per heavy atom. The number of hydrogen-bond acceptors (Lipinski definition) is 4. The van der Waals surface area contributed by atoms with Crippen LogP contribution >= 0.6 is 23.2 Å². The van der Waals surface area contributed by atoms with Gasteiger partial charge in [-0.1, -0.05) is 24.3 Å². The van der Waals surface area contributed by atoms with E-state index in [1.165, 1.54) is 0 Å². The van der Waals surface area contributed by atoms with Crippen LogP contribution in [0.2, 0.25) is 0 Å². The van der Waals surface area contributed by atoms with Crippen LogP contribution in [-0.2, 0) is 21.5 Å². The lowest BCUT2D eigenvalue weighted by Crippen LogP contribution is -2.12. The van der Waals surface area contributed by atoms with E-state index in [4.69, 9.17) is 23.2 Å². The summed E-state index contributed by atoms with van der Waals surface area (Å²) in [6.45, 7) is 0. The largest absolute Gasteiger partial charge is 0.386 e. The second kappa shape index (κ2) is 7.82. The molecule has 0 amide bonds. The van der Waals surface area contributed by atoms with E-state index in [1.807, 2.05) is 0 Å². The van der Waals surface area contributed by atoms with Gasteiger partial charge in [0.05, 0.1) is 11.1 Å². The summed E-state index contributed by atoms with van der Waals surface area (Å²) in [6.07, 6.45) is 0. The maximum Gasteiger partial charge on any atom is 0.386 e. The van der Waals surface area contributed by atoms with Crippen molar-refractivity contribution in [3.63, 3.8) is 0 Å². The molecule has 2 aromatic rings. The van der Waals surface area contributed by atoms with Gasteiger partial charge in [-0.05, 0) is 35.4 Å². The summed E-state index contributed by atoms with van der Waals surface area (Å²) in [4.78, 5) is 32.7. The minimum absolute atomic E-state index is 0.250. The quantitative estimate of drug-likeness (QED) is 0.478. The van der Waals surface area contributed by atoms with E-state index >= 15 is 0 Å². The lowest BCUT2D eigenvalue weighted by molar-refractivity contribution is -0.187. The molecule has 0 aromatic heterocycles. The van der Waals surface area contributed by atoms with Crippen molar-refractivity contribution in [2.24, 2.45) is 0 Å². The first kappa shape index (κ1) is 16.3. The molecule has 2 rings (SSSR count). The summed E-state index contributed by atoms with van der Waals surface area (Å²) in [5.41, 5.74) is 2.02. The smallest absolute Gasteiger partial charge is 0.242 e. The zero-order chi connectivity index (χ0) is 15.9. The number of halogens is 2. The third-order valence-electron chi connectivity index (χ3n) is 2.83. The van der Waals surface area contributed by atoms with Gasteiger partial charge in [0.1, 0.15) is 0 Å². The number of alkyl halides is 2. The normalized spacial score (nSPS) is 10.1. The van der Waals surface area contributed by atoms with Gasteiger partial charge in [0.25, 0.3) is 0 Å². The molecule has 0 atom stereocenters. The second-order valence-corrected chi connectivity index (χ2v) is 4.94. The van der Waals surface area contributed by atoms with Gasteiger partial charge in [0.15, 0.2) is 0 Å². The first-order chi connectivity index (χ1) is 10.6. The summed E-state index contributed by atoms with van der Waals surface area (Å²) in [5.74, 6) is -0.999. The fourth-order valence-corrected chi connectivity index (χ4v) is 2.07. The van der Waals surface area contributed by atoms with Crippen molar-refractivity contribution in [3.8, 4) is 0 Å². The number of carbonyl (C=O) groups is 2. The maximum absolute atomic E-state index is 11.8. The Bertz CT molecular complexity index is 626. The number of hydrogen-bond donors (Lipinski definition) is 0. The Labute approximate surface area is 137 Å². The summed E-state index contributed by atoms with van der Waals surface area (Å²) in [6, 6.07) is 13.1. The lowest BCUT2D eigenvalue weighted by Gasteiger charge is -2.05. The molecule has 22 heavy (non-hydrogen) atoms. The predicted molar refractivity (Wildman–Crippen MR) is 82.8 cm³/mol. The average molecular weight is 339 g/mol. The third-order valence-corrected chi connectivity index (χ3v) is 3.44. The van der Waals surface area contributed by atoms with Crippen LogP contribution in [0.5, 0.6) is 0 Å². The molecular weight excluding hydrogens is 327 g/mol. The summed E-state index contributed by atoms with van der Waals surface area (Å²) in [5, 5.41) is 0. The molecule has 0 N–H and O–H groups in total. The molecular formula is C16H12Cl2O4. The Morgan fingerprint density at radius 2 is 1.18 bits per heavy atom. The highest BCUT2D eigenvalue weighted by molar-refractivity contribution is 6.17. The number of rotatable bonds is 4. The number of benzene rings is 2. The molecule has 0 aliphatic carbocycles. The molecule has 0 heterocycles. The van der Waals surface area contributed by atoms with Gasteiger partial charge < -0.3 is 0 Å². The van der Waals surface area contributed by atoms with Crippen molar-refractivity contribution < 1.29 is 19.4 Å². The van der Waals surface area contributed by atoms with E-state index in [1.54, 1.807) is 48.5 Å². The molecule has 0 unspecified atom stereocenters. The van der Waals surface area contributed by atoms with E-state index in [0.717, 1.165) is 11.1 Å². The highest BCUT2D eigenvalue weighted by Crippen LogP contribution is 2.12. The van der Waals surface area contributed by atoms with E-state index in [9.17, 15) is 9.59 Å². The Balaban J connectivity index is 1.99. The van der Waals surface area contributed by atoms with Crippen LogP contribution in [0.25, 0.3) is 0 Å². The van der Waals surface area contributed by atoms with Crippen LogP contribution in [-0.4, -0.2) is 11.9 Å². The van der Waals surface area contributed by atoms with E-state index in [0.29, 0.717) is 0 Å². The summed E-state index contributed by atoms with van der Waals surface area (Å²) < 4.78 is 0. The molecule has 0 radical (unpaired) electrons. The number of carbonyl (C=O) groups excluding carboxylic acids is 2. The van der Waals surface area contributed by atoms with Gasteiger partial charge in [0, 0.05) is 11.8 Å². The van der Waals surface area contributed by atoms with Crippen LogP contribution in [0, 0.1) is 0 Å². The second-order valence-electron chi connectivity index (χ2n) is 4.41. The molecule has 0 aliphatic heterocycles. The predicted octanol–water partition coefficient (Wildman–Crippen LogP) is 4.09.